The Balaban J connectivity index is 1.79. The van der Waals surface area contributed by atoms with Crippen molar-refractivity contribution in [2.45, 2.75) is 6.54 Å². The molecule has 0 saturated carbocycles. The van der Waals surface area contributed by atoms with E-state index in [0.717, 1.165) is 0 Å². The molecule has 21 heavy (non-hydrogen) atoms. The highest BCUT2D eigenvalue weighted by molar-refractivity contribution is 6.33. The van der Waals surface area contributed by atoms with Crippen molar-refractivity contribution in [1.82, 2.24) is 20.3 Å². The number of anilines is 1. The summed E-state index contributed by atoms with van der Waals surface area (Å²) >= 11 is 5.91. The number of hydrogen-bond donors (Lipinski definition) is 3. The summed E-state index contributed by atoms with van der Waals surface area (Å²) in [7, 11) is 0. The summed E-state index contributed by atoms with van der Waals surface area (Å²) in [6.07, 6.45) is 1.29. The van der Waals surface area contributed by atoms with Crippen LogP contribution >= 0.6 is 11.6 Å². The maximum absolute atomic E-state index is 11.6. The summed E-state index contributed by atoms with van der Waals surface area (Å²) in [5.41, 5.74) is 0.362. The minimum atomic E-state index is -1.15. The van der Waals surface area contributed by atoms with E-state index in [1.54, 1.807) is 24.3 Å². The number of aromatic nitrogens is 3. The fraction of sp³-hybridized carbons (Fsp3) is 0.167. The molecule has 2 aromatic rings. The van der Waals surface area contributed by atoms with Crippen LogP contribution in [0.1, 0.15) is 10.5 Å². The number of carbonyl (C=O) groups is 2. The monoisotopic (exact) mass is 309 g/mol. The number of amides is 2. The third-order valence-corrected chi connectivity index (χ3v) is 2.84. The number of halogens is 1. The van der Waals surface area contributed by atoms with E-state index < -0.39 is 12.0 Å². The molecule has 0 unspecified atom stereocenters. The first-order valence-electron chi connectivity index (χ1n) is 5.99. The quantitative estimate of drug-likeness (QED) is 0.774. The Morgan fingerprint density at radius 3 is 2.76 bits per heavy atom. The second-order valence-electron chi connectivity index (χ2n) is 4.03. The van der Waals surface area contributed by atoms with Gasteiger partial charge in [0.1, 0.15) is 0 Å². The lowest BCUT2D eigenvalue weighted by atomic mass is 10.3. The largest absolute Gasteiger partial charge is 0.476 e. The van der Waals surface area contributed by atoms with E-state index in [9.17, 15) is 9.59 Å². The third kappa shape index (κ3) is 4.18. The molecule has 2 amide bonds. The lowest BCUT2D eigenvalue weighted by molar-refractivity contribution is 0.0690. The Labute approximate surface area is 124 Å². The smallest absolute Gasteiger partial charge is 0.358 e. The molecular formula is C12H12ClN5O3. The minimum absolute atomic E-state index is 0.143. The van der Waals surface area contributed by atoms with Gasteiger partial charge in [-0.15, -0.1) is 5.10 Å². The van der Waals surface area contributed by atoms with Gasteiger partial charge in [-0.2, -0.15) is 0 Å². The van der Waals surface area contributed by atoms with E-state index in [0.29, 0.717) is 17.3 Å². The van der Waals surface area contributed by atoms with Gasteiger partial charge in [0.05, 0.1) is 23.5 Å². The molecule has 0 aliphatic heterocycles. The van der Waals surface area contributed by atoms with Crippen LogP contribution in [0.2, 0.25) is 5.02 Å². The van der Waals surface area contributed by atoms with Crippen molar-refractivity contribution in [1.29, 1.82) is 0 Å². The number of carboxylic acids is 1. The van der Waals surface area contributed by atoms with Crippen LogP contribution < -0.4 is 10.6 Å². The van der Waals surface area contributed by atoms with E-state index in [-0.39, 0.29) is 12.2 Å². The van der Waals surface area contributed by atoms with Gasteiger partial charge in [-0.3, -0.25) is 0 Å². The number of nitrogens with one attached hydrogen (secondary N) is 2. The Hall–Kier alpha value is -2.61. The topological polar surface area (TPSA) is 109 Å². The van der Waals surface area contributed by atoms with Crippen molar-refractivity contribution in [3.63, 3.8) is 0 Å². The Morgan fingerprint density at radius 2 is 2.10 bits per heavy atom. The molecule has 1 heterocycles. The molecular weight excluding hydrogens is 298 g/mol. The van der Waals surface area contributed by atoms with Crippen LogP contribution in [-0.4, -0.2) is 38.6 Å². The SMILES string of the molecule is O=C(NCCn1cc(C(=O)O)nn1)Nc1ccccc1Cl. The van der Waals surface area contributed by atoms with E-state index in [2.05, 4.69) is 20.9 Å². The summed E-state index contributed by atoms with van der Waals surface area (Å²) in [4.78, 5) is 22.3. The van der Waals surface area contributed by atoms with Gasteiger partial charge in [0.15, 0.2) is 5.69 Å². The molecule has 2 rings (SSSR count). The van der Waals surface area contributed by atoms with Crippen molar-refractivity contribution in [2.75, 3.05) is 11.9 Å². The molecule has 1 aromatic heterocycles. The second kappa shape index (κ2) is 6.71. The van der Waals surface area contributed by atoms with Gasteiger partial charge >= 0.3 is 12.0 Å². The molecule has 0 spiro atoms. The van der Waals surface area contributed by atoms with Crippen molar-refractivity contribution < 1.29 is 14.7 Å². The first kappa shape index (κ1) is 14.8. The predicted octanol–water partition coefficient (Wildman–Crippen LogP) is 1.45. The molecule has 3 N–H and O–H groups in total. The molecule has 0 saturated heterocycles. The summed E-state index contributed by atoms with van der Waals surface area (Å²) in [5, 5.41) is 21.4. The number of aromatic carboxylic acids is 1. The molecule has 0 fully saturated rings. The molecule has 0 aliphatic rings. The number of carboxylic acid groups (broad SMARTS) is 1. The first-order chi connectivity index (χ1) is 10.1. The summed E-state index contributed by atoms with van der Waals surface area (Å²) in [5.74, 6) is -1.15. The highest BCUT2D eigenvalue weighted by Crippen LogP contribution is 2.19. The molecule has 110 valence electrons. The summed E-state index contributed by atoms with van der Waals surface area (Å²) < 4.78 is 1.33. The van der Waals surface area contributed by atoms with Gasteiger partial charge in [0, 0.05) is 6.54 Å². The molecule has 1 aromatic carbocycles. The van der Waals surface area contributed by atoms with Gasteiger partial charge in [-0.05, 0) is 12.1 Å². The van der Waals surface area contributed by atoms with Crippen molar-refractivity contribution in [3.05, 3.63) is 41.2 Å². The fourth-order valence-corrected chi connectivity index (χ4v) is 1.70. The third-order valence-electron chi connectivity index (χ3n) is 2.51. The van der Waals surface area contributed by atoms with Crippen molar-refractivity contribution in [2.24, 2.45) is 0 Å². The average molecular weight is 310 g/mol. The molecule has 9 heteroatoms. The van der Waals surface area contributed by atoms with Gasteiger partial charge in [0.2, 0.25) is 0 Å². The number of hydrogen-bond acceptors (Lipinski definition) is 4. The van der Waals surface area contributed by atoms with Crippen LogP contribution in [0.15, 0.2) is 30.5 Å². The lowest BCUT2D eigenvalue weighted by Crippen LogP contribution is -2.31. The van der Waals surface area contributed by atoms with Crippen LogP contribution in [0, 0.1) is 0 Å². The van der Waals surface area contributed by atoms with E-state index in [4.69, 9.17) is 16.7 Å². The van der Waals surface area contributed by atoms with E-state index >= 15 is 0 Å². The Morgan fingerprint density at radius 1 is 1.33 bits per heavy atom. The second-order valence-corrected chi connectivity index (χ2v) is 4.44. The zero-order valence-corrected chi connectivity index (χ0v) is 11.5. The summed E-state index contributed by atoms with van der Waals surface area (Å²) in [6, 6.07) is 6.44. The first-order valence-corrected chi connectivity index (χ1v) is 6.37. The fourth-order valence-electron chi connectivity index (χ4n) is 1.52. The van der Waals surface area contributed by atoms with Crippen molar-refractivity contribution >= 4 is 29.3 Å². The van der Waals surface area contributed by atoms with Crippen LogP contribution in [-0.2, 0) is 6.54 Å². The number of carbonyl (C=O) groups excluding carboxylic acids is 1. The maximum atomic E-state index is 11.6. The zero-order valence-electron chi connectivity index (χ0n) is 10.8. The van der Waals surface area contributed by atoms with E-state index in [1.807, 2.05) is 0 Å². The van der Waals surface area contributed by atoms with Crippen LogP contribution in [0.25, 0.3) is 0 Å². The summed E-state index contributed by atoms with van der Waals surface area (Å²) in [6.45, 7) is 0.564. The van der Waals surface area contributed by atoms with Gasteiger partial charge in [-0.1, -0.05) is 28.9 Å². The highest BCUT2D eigenvalue weighted by atomic mass is 35.5. The van der Waals surface area contributed by atoms with Crippen LogP contribution in [0.5, 0.6) is 0 Å². The molecule has 8 nitrogen and oxygen atoms in total. The number of nitrogens with zero attached hydrogens (tertiary/aromatic N) is 3. The Bertz CT molecular complexity index is 658. The molecule has 0 atom stereocenters. The highest BCUT2D eigenvalue weighted by Gasteiger charge is 2.08. The average Bonchev–Trinajstić information content (AvgIpc) is 2.90. The molecule has 0 bridgehead atoms. The van der Waals surface area contributed by atoms with Crippen LogP contribution in [0.3, 0.4) is 0 Å². The normalized spacial score (nSPS) is 10.1. The minimum Gasteiger partial charge on any atom is -0.476 e. The lowest BCUT2D eigenvalue weighted by Gasteiger charge is -2.08. The van der Waals surface area contributed by atoms with Gasteiger partial charge in [-0.25, -0.2) is 14.3 Å². The maximum Gasteiger partial charge on any atom is 0.358 e. The van der Waals surface area contributed by atoms with Gasteiger partial charge < -0.3 is 15.7 Å². The Kier molecular flexibility index (Phi) is 4.72. The predicted molar refractivity (Wildman–Crippen MR) is 75.5 cm³/mol. The number of urea groups is 1. The molecule has 0 aliphatic carbocycles. The standard InChI is InChI=1S/C12H12ClN5O3/c13-8-3-1-2-4-9(8)15-12(21)14-5-6-18-7-10(11(19)20)16-17-18/h1-4,7H,5-6H2,(H,19,20)(H2,14,15,21). The van der Waals surface area contributed by atoms with Gasteiger partial charge in [0.25, 0.3) is 0 Å². The van der Waals surface area contributed by atoms with Crippen LogP contribution in [0.4, 0.5) is 10.5 Å². The number of rotatable bonds is 5. The molecule has 0 radical (unpaired) electrons. The number of para-hydroxylation sites is 1. The van der Waals surface area contributed by atoms with Crippen molar-refractivity contribution in [3.8, 4) is 0 Å². The number of benzene rings is 1. The zero-order chi connectivity index (χ0) is 15.2. The van der Waals surface area contributed by atoms with E-state index in [1.165, 1.54) is 10.9 Å².